The molecule has 0 aliphatic rings. The number of carboxylic acid groups (broad SMARTS) is 1. The summed E-state index contributed by atoms with van der Waals surface area (Å²) in [5.74, 6) is -0.902. The van der Waals surface area contributed by atoms with Gasteiger partial charge in [0.2, 0.25) is 0 Å². The number of aromatic hydroxyl groups is 1. The van der Waals surface area contributed by atoms with E-state index in [1.165, 1.54) is 6.20 Å². The van der Waals surface area contributed by atoms with Crippen LogP contribution in [0.5, 0.6) is 5.75 Å². The molecule has 0 amide bonds. The third kappa shape index (κ3) is 1.45. The Bertz CT molecular complexity index is 533. The van der Waals surface area contributed by atoms with Crippen LogP contribution in [-0.4, -0.2) is 21.2 Å². The second-order valence-corrected chi connectivity index (χ2v) is 4.15. The van der Waals surface area contributed by atoms with Crippen molar-refractivity contribution in [3.8, 4) is 5.75 Å². The van der Waals surface area contributed by atoms with Crippen molar-refractivity contribution in [1.82, 2.24) is 4.98 Å². The molecular weight excluding hydrogens is 214 g/mol. The summed E-state index contributed by atoms with van der Waals surface area (Å²) < 4.78 is 0.712. The number of carboxylic acids is 1. The van der Waals surface area contributed by atoms with Crippen molar-refractivity contribution in [3.63, 3.8) is 0 Å². The van der Waals surface area contributed by atoms with Crippen molar-refractivity contribution in [3.05, 3.63) is 22.8 Å². The first-order valence-corrected chi connectivity index (χ1v) is 5.28. The van der Waals surface area contributed by atoms with E-state index in [1.807, 2.05) is 6.92 Å². The molecule has 0 unspecified atom stereocenters. The number of rotatable bonds is 2. The average Bonchev–Trinajstić information content (AvgIpc) is 2.57. The number of carbonyl (C=O) groups is 1. The molecule has 2 rings (SSSR count). The largest absolute Gasteiger partial charge is 0.506 e. The molecule has 0 radical (unpaired) electrons. The van der Waals surface area contributed by atoms with E-state index in [0.29, 0.717) is 22.1 Å². The predicted molar refractivity (Wildman–Crippen MR) is 57.6 cm³/mol. The van der Waals surface area contributed by atoms with E-state index in [2.05, 4.69) is 4.98 Å². The Morgan fingerprint density at radius 3 is 2.87 bits per heavy atom. The first-order chi connectivity index (χ1) is 7.15. The van der Waals surface area contributed by atoms with Gasteiger partial charge in [0.15, 0.2) is 0 Å². The van der Waals surface area contributed by atoms with Gasteiger partial charge in [-0.2, -0.15) is 0 Å². The monoisotopic (exact) mass is 223 g/mol. The zero-order chi connectivity index (χ0) is 11.0. The van der Waals surface area contributed by atoms with Gasteiger partial charge >= 0.3 is 5.97 Å². The standard InChI is InChI=1S/C10H9NO3S/c1-2-5-8-6(12)3-11-4-7(8)15-9(5)10(13)14/h3-4,12H,2H2,1H3,(H,13,14). The van der Waals surface area contributed by atoms with E-state index < -0.39 is 5.97 Å². The lowest BCUT2D eigenvalue weighted by molar-refractivity contribution is 0.0701. The number of hydrogen-bond acceptors (Lipinski definition) is 4. The van der Waals surface area contributed by atoms with Crippen molar-refractivity contribution in [2.45, 2.75) is 13.3 Å². The fourth-order valence-electron chi connectivity index (χ4n) is 1.61. The van der Waals surface area contributed by atoms with Crippen molar-refractivity contribution >= 4 is 27.4 Å². The van der Waals surface area contributed by atoms with E-state index in [9.17, 15) is 9.90 Å². The Hall–Kier alpha value is -1.62. The van der Waals surface area contributed by atoms with Crippen LogP contribution in [0.4, 0.5) is 0 Å². The van der Waals surface area contributed by atoms with Crippen LogP contribution < -0.4 is 0 Å². The molecule has 0 aliphatic heterocycles. The van der Waals surface area contributed by atoms with Crippen molar-refractivity contribution in [1.29, 1.82) is 0 Å². The number of pyridine rings is 1. The molecule has 5 heteroatoms. The number of fused-ring (bicyclic) bond motifs is 1. The second kappa shape index (κ2) is 3.51. The van der Waals surface area contributed by atoms with Gasteiger partial charge < -0.3 is 10.2 Å². The first kappa shape index (κ1) is 9.92. The molecule has 0 spiro atoms. The summed E-state index contributed by atoms with van der Waals surface area (Å²) >= 11 is 1.15. The van der Waals surface area contributed by atoms with Crippen LogP contribution >= 0.6 is 11.3 Å². The minimum Gasteiger partial charge on any atom is -0.506 e. The van der Waals surface area contributed by atoms with Crippen molar-refractivity contribution < 1.29 is 15.0 Å². The number of hydrogen-bond donors (Lipinski definition) is 2. The first-order valence-electron chi connectivity index (χ1n) is 4.46. The quantitative estimate of drug-likeness (QED) is 0.819. The molecule has 4 nitrogen and oxygen atoms in total. The van der Waals surface area contributed by atoms with Gasteiger partial charge in [0.25, 0.3) is 0 Å². The Morgan fingerprint density at radius 1 is 1.53 bits per heavy atom. The maximum Gasteiger partial charge on any atom is 0.346 e. The van der Waals surface area contributed by atoms with Gasteiger partial charge in [0, 0.05) is 11.6 Å². The Labute approximate surface area is 89.8 Å². The van der Waals surface area contributed by atoms with Gasteiger partial charge in [-0.15, -0.1) is 11.3 Å². The summed E-state index contributed by atoms with van der Waals surface area (Å²) in [6, 6.07) is 0. The van der Waals surface area contributed by atoms with Crippen LogP contribution in [0.25, 0.3) is 10.1 Å². The van der Waals surface area contributed by atoms with Crippen LogP contribution in [0.1, 0.15) is 22.2 Å². The van der Waals surface area contributed by atoms with Gasteiger partial charge in [-0.25, -0.2) is 4.79 Å². The van der Waals surface area contributed by atoms with Crippen LogP contribution in [0.15, 0.2) is 12.4 Å². The summed E-state index contributed by atoms with van der Waals surface area (Å²) in [6.07, 6.45) is 3.49. The molecule has 0 saturated heterocycles. The molecular formula is C10H9NO3S. The summed E-state index contributed by atoms with van der Waals surface area (Å²) in [5, 5.41) is 19.2. The van der Waals surface area contributed by atoms with E-state index in [1.54, 1.807) is 6.20 Å². The molecule has 2 aromatic heterocycles. The zero-order valence-electron chi connectivity index (χ0n) is 8.02. The van der Waals surface area contributed by atoms with Crippen LogP contribution in [-0.2, 0) is 6.42 Å². The maximum absolute atomic E-state index is 11.0. The van der Waals surface area contributed by atoms with E-state index in [0.717, 1.165) is 11.3 Å². The molecule has 2 aromatic rings. The summed E-state index contributed by atoms with van der Waals surface area (Å²) in [4.78, 5) is 15.1. The van der Waals surface area contributed by atoms with E-state index in [-0.39, 0.29) is 10.6 Å². The molecule has 78 valence electrons. The third-order valence-corrected chi connectivity index (χ3v) is 3.38. The highest BCUT2D eigenvalue weighted by Gasteiger charge is 2.18. The summed E-state index contributed by atoms with van der Waals surface area (Å²) in [5.41, 5.74) is 0.683. The normalized spacial score (nSPS) is 10.7. The lowest BCUT2D eigenvalue weighted by Gasteiger charge is -1.98. The number of aromatic carboxylic acids is 1. The average molecular weight is 223 g/mol. The van der Waals surface area contributed by atoms with Gasteiger partial charge in [-0.1, -0.05) is 6.92 Å². The fourth-order valence-corrected chi connectivity index (χ4v) is 2.73. The van der Waals surface area contributed by atoms with E-state index >= 15 is 0 Å². The lowest BCUT2D eigenvalue weighted by Crippen LogP contribution is -1.96. The molecule has 2 heterocycles. The minimum atomic E-state index is -0.951. The molecule has 0 aliphatic carbocycles. The van der Waals surface area contributed by atoms with Crippen LogP contribution in [0.3, 0.4) is 0 Å². The Balaban J connectivity index is 2.86. The molecule has 0 fully saturated rings. The predicted octanol–water partition coefficient (Wildman–Crippen LogP) is 2.26. The molecule has 0 saturated carbocycles. The number of thiophene rings is 1. The minimum absolute atomic E-state index is 0.0492. The highest BCUT2D eigenvalue weighted by atomic mass is 32.1. The summed E-state index contributed by atoms with van der Waals surface area (Å²) in [7, 11) is 0. The topological polar surface area (TPSA) is 70.4 Å². The molecule has 0 atom stereocenters. The van der Waals surface area contributed by atoms with Crippen molar-refractivity contribution in [2.75, 3.05) is 0 Å². The number of aromatic nitrogens is 1. The fraction of sp³-hybridized carbons (Fsp3) is 0.200. The Kier molecular flexibility index (Phi) is 2.32. The third-order valence-electron chi connectivity index (χ3n) is 2.23. The smallest absolute Gasteiger partial charge is 0.346 e. The molecule has 0 aromatic carbocycles. The zero-order valence-corrected chi connectivity index (χ0v) is 8.84. The number of nitrogens with zero attached hydrogens (tertiary/aromatic N) is 1. The molecule has 15 heavy (non-hydrogen) atoms. The lowest BCUT2D eigenvalue weighted by atomic mass is 10.1. The van der Waals surface area contributed by atoms with Gasteiger partial charge in [0.1, 0.15) is 10.6 Å². The van der Waals surface area contributed by atoms with E-state index in [4.69, 9.17) is 5.11 Å². The second-order valence-electron chi connectivity index (χ2n) is 3.10. The van der Waals surface area contributed by atoms with Gasteiger partial charge in [-0.3, -0.25) is 4.98 Å². The van der Waals surface area contributed by atoms with Gasteiger partial charge in [-0.05, 0) is 12.0 Å². The van der Waals surface area contributed by atoms with Crippen molar-refractivity contribution in [2.24, 2.45) is 0 Å². The summed E-state index contributed by atoms with van der Waals surface area (Å²) in [6.45, 7) is 1.87. The number of aryl methyl sites for hydroxylation is 1. The van der Waals surface area contributed by atoms with Crippen LogP contribution in [0.2, 0.25) is 0 Å². The Morgan fingerprint density at radius 2 is 2.27 bits per heavy atom. The maximum atomic E-state index is 11.0. The highest BCUT2D eigenvalue weighted by molar-refractivity contribution is 7.21. The SMILES string of the molecule is CCc1c(C(=O)O)sc2cncc(O)c12. The highest BCUT2D eigenvalue weighted by Crippen LogP contribution is 2.36. The molecule has 0 bridgehead atoms. The van der Waals surface area contributed by atoms with Crippen LogP contribution in [0, 0.1) is 0 Å². The van der Waals surface area contributed by atoms with Gasteiger partial charge in [0.05, 0.1) is 10.9 Å². The molecule has 2 N–H and O–H groups in total.